The normalized spacial score (nSPS) is 17.9. The van der Waals surface area contributed by atoms with Gasteiger partial charge < -0.3 is 9.47 Å². The van der Waals surface area contributed by atoms with Crippen molar-refractivity contribution in [1.82, 2.24) is 4.98 Å². The monoisotopic (exact) mass is 392 g/mol. The first-order chi connectivity index (χ1) is 13.7. The van der Waals surface area contributed by atoms with E-state index in [1.165, 1.54) is 7.11 Å². The summed E-state index contributed by atoms with van der Waals surface area (Å²) in [5.74, 6) is -0.801. The van der Waals surface area contributed by atoms with Crippen LogP contribution in [0.1, 0.15) is 36.8 Å². The number of carbonyl (C=O) groups is 2. The topological polar surface area (TPSA) is 77.8 Å². The lowest BCUT2D eigenvalue weighted by Crippen LogP contribution is -2.41. The van der Waals surface area contributed by atoms with E-state index in [4.69, 9.17) is 9.47 Å². The molecular weight excluding hydrogens is 368 g/mol. The molecule has 1 atom stereocenters. The van der Waals surface area contributed by atoms with E-state index in [1.54, 1.807) is 42.8 Å². The fourth-order valence-electron chi connectivity index (χ4n) is 3.06. The molecule has 2 aromatic rings. The lowest BCUT2D eigenvalue weighted by molar-refractivity contribution is -0.159. The van der Waals surface area contributed by atoms with Gasteiger partial charge in [-0.05, 0) is 68.3 Å². The SMILES string of the molecule is COC(=O)c1cccc(-c2ccnc(CC3(C(=O)OC(C)(C)C)C=CC=N3)c2)c1. The van der Waals surface area contributed by atoms with Gasteiger partial charge in [-0.15, -0.1) is 0 Å². The van der Waals surface area contributed by atoms with Gasteiger partial charge in [0, 0.05) is 24.5 Å². The number of rotatable bonds is 5. The highest BCUT2D eigenvalue weighted by molar-refractivity contribution is 5.92. The van der Waals surface area contributed by atoms with Crippen LogP contribution in [0.5, 0.6) is 0 Å². The molecule has 1 aromatic carbocycles. The zero-order valence-electron chi connectivity index (χ0n) is 17.0. The van der Waals surface area contributed by atoms with Gasteiger partial charge in [0.25, 0.3) is 0 Å². The van der Waals surface area contributed by atoms with Gasteiger partial charge in [-0.2, -0.15) is 0 Å². The van der Waals surface area contributed by atoms with E-state index < -0.39 is 23.1 Å². The average molecular weight is 392 g/mol. The Hall–Kier alpha value is -3.28. The molecule has 0 amide bonds. The van der Waals surface area contributed by atoms with Gasteiger partial charge in [-0.1, -0.05) is 12.1 Å². The zero-order chi connectivity index (χ0) is 21.1. The molecule has 6 heteroatoms. The third-order valence-corrected chi connectivity index (χ3v) is 4.40. The van der Waals surface area contributed by atoms with Crippen LogP contribution in [0.3, 0.4) is 0 Å². The van der Waals surface area contributed by atoms with Crippen molar-refractivity contribution in [3.05, 3.63) is 66.0 Å². The predicted molar refractivity (Wildman–Crippen MR) is 111 cm³/mol. The number of esters is 2. The number of aliphatic imine (C=N–C) groups is 1. The molecule has 1 unspecified atom stereocenters. The lowest BCUT2D eigenvalue weighted by atomic mass is 9.93. The molecule has 0 saturated carbocycles. The van der Waals surface area contributed by atoms with Crippen molar-refractivity contribution in [1.29, 1.82) is 0 Å². The Kier molecular flexibility index (Phi) is 5.64. The Labute approximate surface area is 170 Å². The molecule has 0 radical (unpaired) electrons. The van der Waals surface area contributed by atoms with Crippen LogP contribution in [-0.4, -0.2) is 41.4 Å². The summed E-state index contributed by atoms with van der Waals surface area (Å²) in [5.41, 5.74) is 1.17. The molecule has 1 aliphatic rings. The lowest BCUT2D eigenvalue weighted by Gasteiger charge is -2.28. The Balaban J connectivity index is 1.90. The third-order valence-electron chi connectivity index (χ3n) is 4.40. The van der Waals surface area contributed by atoms with E-state index in [0.717, 1.165) is 11.1 Å². The van der Waals surface area contributed by atoms with Crippen LogP contribution in [0.25, 0.3) is 11.1 Å². The van der Waals surface area contributed by atoms with Crippen LogP contribution >= 0.6 is 0 Å². The third kappa shape index (κ3) is 4.77. The van der Waals surface area contributed by atoms with Crippen molar-refractivity contribution >= 4 is 18.2 Å². The van der Waals surface area contributed by atoms with Crippen LogP contribution in [0, 0.1) is 0 Å². The van der Waals surface area contributed by atoms with Crippen molar-refractivity contribution in [2.75, 3.05) is 7.11 Å². The van der Waals surface area contributed by atoms with Crippen LogP contribution in [0.4, 0.5) is 0 Å². The van der Waals surface area contributed by atoms with Gasteiger partial charge in [0.05, 0.1) is 12.7 Å². The van der Waals surface area contributed by atoms with Crippen LogP contribution < -0.4 is 0 Å². The number of allylic oxidation sites excluding steroid dienone is 1. The van der Waals surface area contributed by atoms with E-state index in [9.17, 15) is 9.59 Å². The second-order valence-corrected chi connectivity index (χ2v) is 7.85. The molecule has 0 aliphatic carbocycles. The number of aromatic nitrogens is 1. The van der Waals surface area contributed by atoms with Crippen LogP contribution in [-0.2, 0) is 20.7 Å². The number of benzene rings is 1. The second kappa shape index (κ2) is 7.99. The number of nitrogens with zero attached hydrogens (tertiary/aromatic N) is 2. The minimum Gasteiger partial charge on any atom is -0.465 e. The number of methoxy groups -OCH3 is 1. The largest absolute Gasteiger partial charge is 0.465 e. The predicted octanol–water partition coefficient (Wildman–Crippen LogP) is 3.80. The molecule has 6 nitrogen and oxygen atoms in total. The fraction of sp³-hybridized carbons (Fsp3) is 0.304. The molecule has 2 heterocycles. The molecule has 0 N–H and O–H groups in total. The van der Waals surface area contributed by atoms with Gasteiger partial charge in [0.15, 0.2) is 5.54 Å². The summed E-state index contributed by atoms with van der Waals surface area (Å²) in [6.07, 6.45) is 7.05. The van der Waals surface area contributed by atoms with Crippen LogP contribution in [0.2, 0.25) is 0 Å². The van der Waals surface area contributed by atoms with Crippen molar-refractivity contribution in [2.24, 2.45) is 4.99 Å². The highest BCUT2D eigenvalue weighted by atomic mass is 16.6. The van der Waals surface area contributed by atoms with Gasteiger partial charge in [-0.25, -0.2) is 9.59 Å². The molecule has 0 saturated heterocycles. The Morgan fingerprint density at radius 3 is 2.52 bits per heavy atom. The molecule has 150 valence electrons. The molecule has 0 spiro atoms. The quantitative estimate of drug-likeness (QED) is 0.724. The molecule has 1 aromatic heterocycles. The van der Waals surface area contributed by atoms with Gasteiger partial charge in [0.1, 0.15) is 5.60 Å². The average Bonchev–Trinajstić information content (AvgIpc) is 3.16. The summed E-state index contributed by atoms with van der Waals surface area (Å²) < 4.78 is 10.4. The Morgan fingerprint density at radius 1 is 1.10 bits per heavy atom. The van der Waals surface area contributed by atoms with E-state index >= 15 is 0 Å². The zero-order valence-corrected chi connectivity index (χ0v) is 17.0. The van der Waals surface area contributed by atoms with E-state index in [-0.39, 0.29) is 6.42 Å². The van der Waals surface area contributed by atoms with Gasteiger partial charge in [-0.3, -0.25) is 9.98 Å². The number of ether oxygens (including phenoxy) is 2. The maximum Gasteiger partial charge on any atom is 0.338 e. The number of pyridine rings is 1. The van der Waals surface area contributed by atoms with Crippen molar-refractivity contribution in [2.45, 2.75) is 38.3 Å². The Morgan fingerprint density at radius 2 is 1.86 bits per heavy atom. The van der Waals surface area contributed by atoms with E-state index in [2.05, 4.69) is 9.98 Å². The minimum absolute atomic E-state index is 0.277. The van der Waals surface area contributed by atoms with E-state index in [1.807, 2.05) is 39.0 Å². The first-order valence-electron chi connectivity index (χ1n) is 9.33. The molecule has 29 heavy (non-hydrogen) atoms. The molecule has 0 fully saturated rings. The standard InChI is InChI=1S/C23H24N2O4/c1-22(2,3)29-21(27)23(10-6-11-25-23)15-19-14-17(9-12-24-19)16-7-5-8-18(13-16)20(26)28-4/h5-14H,15H2,1-4H3. The summed E-state index contributed by atoms with van der Waals surface area (Å²) in [5, 5.41) is 0. The number of carbonyl (C=O) groups excluding carboxylic acids is 2. The highest BCUT2D eigenvalue weighted by Gasteiger charge is 2.41. The first-order valence-corrected chi connectivity index (χ1v) is 9.33. The minimum atomic E-state index is -1.12. The van der Waals surface area contributed by atoms with Crippen molar-refractivity contribution < 1.29 is 19.1 Å². The Bertz CT molecular complexity index is 974. The summed E-state index contributed by atoms with van der Waals surface area (Å²) in [6.45, 7) is 5.48. The summed E-state index contributed by atoms with van der Waals surface area (Å²) >= 11 is 0. The second-order valence-electron chi connectivity index (χ2n) is 7.85. The smallest absolute Gasteiger partial charge is 0.338 e. The molecule has 3 rings (SSSR count). The molecule has 1 aliphatic heterocycles. The summed E-state index contributed by atoms with van der Waals surface area (Å²) in [6, 6.07) is 10.9. The summed E-state index contributed by atoms with van der Waals surface area (Å²) in [7, 11) is 1.35. The maximum atomic E-state index is 12.8. The maximum absolute atomic E-state index is 12.8. The number of hydrogen-bond acceptors (Lipinski definition) is 6. The summed E-state index contributed by atoms with van der Waals surface area (Å²) in [4.78, 5) is 33.4. The van der Waals surface area contributed by atoms with Crippen LogP contribution in [0.15, 0.2) is 59.7 Å². The van der Waals surface area contributed by atoms with Crippen molar-refractivity contribution in [3.63, 3.8) is 0 Å². The van der Waals surface area contributed by atoms with Crippen molar-refractivity contribution in [3.8, 4) is 11.1 Å². The first kappa shape index (κ1) is 20.5. The number of hydrogen-bond donors (Lipinski definition) is 0. The van der Waals surface area contributed by atoms with Gasteiger partial charge in [0.2, 0.25) is 0 Å². The molecule has 0 bridgehead atoms. The molecular formula is C23H24N2O4. The van der Waals surface area contributed by atoms with Gasteiger partial charge >= 0.3 is 11.9 Å². The van der Waals surface area contributed by atoms with E-state index in [0.29, 0.717) is 11.3 Å². The fourth-order valence-corrected chi connectivity index (χ4v) is 3.06. The highest BCUT2D eigenvalue weighted by Crippen LogP contribution is 2.28.